The van der Waals surface area contributed by atoms with E-state index in [-0.39, 0.29) is 29.9 Å². The maximum atomic E-state index is 11.7. The summed E-state index contributed by atoms with van der Waals surface area (Å²) < 4.78 is 10.8. The van der Waals surface area contributed by atoms with Crippen LogP contribution in [0.25, 0.3) is 0 Å². The van der Waals surface area contributed by atoms with Crippen LogP contribution < -0.4 is 0 Å². The van der Waals surface area contributed by atoms with Crippen molar-refractivity contribution in [1.82, 2.24) is 0 Å². The zero-order valence-electron chi connectivity index (χ0n) is 14.3. The normalized spacial score (nSPS) is 24.6. The number of rotatable bonds is 6. The van der Waals surface area contributed by atoms with Gasteiger partial charge in [0.1, 0.15) is 23.1 Å². The summed E-state index contributed by atoms with van der Waals surface area (Å²) in [6.07, 6.45) is 0.833. The van der Waals surface area contributed by atoms with Crippen molar-refractivity contribution in [2.45, 2.75) is 58.5 Å². The van der Waals surface area contributed by atoms with Gasteiger partial charge in [-0.2, -0.15) is 0 Å². The van der Waals surface area contributed by atoms with Gasteiger partial charge in [-0.05, 0) is 26.2 Å². The molecule has 6 heteroatoms. The molecule has 0 aromatic heterocycles. The SMILES string of the molecule is COC1=N[C@@](CCC(C)=O)(CC(C)=O)C(OC)=N[C@@H]1C(C)C. The van der Waals surface area contributed by atoms with Crippen LogP contribution in [0.15, 0.2) is 9.98 Å². The molecule has 0 spiro atoms. The van der Waals surface area contributed by atoms with E-state index >= 15 is 0 Å². The number of hydrogen-bond acceptors (Lipinski definition) is 6. The zero-order chi connectivity index (χ0) is 16.9. The Morgan fingerprint density at radius 3 is 2.23 bits per heavy atom. The van der Waals surface area contributed by atoms with Gasteiger partial charge in [0.15, 0.2) is 0 Å². The number of ether oxygens (including phenoxy) is 2. The van der Waals surface area contributed by atoms with Crippen molar-refractivity contribution >= 4 is 23.4 Å². The molecule has 1 aliphatic rings. The van der Waals surface area contributed by atoms with E-state index in [0.717, 1.165) is 0 Å². The Hall–Kier alpha value is -1.72. The van der Waals surface area contributed by atoms with Crippen LogP contribution in [-0.2, 0) is 19.1 Å². The van der Waals surface area contributed by atoms with E-state index in [4.69, 9.17) is 9.47 Å². The van der Waals surface area contributed by atoms with Crippen molar-refractivity contribution in [1.29, 1.82) is 0 Å². The maximum absolute atomic E-state index is 11.7. The molecule has 1 heterocycles. The lowest BCUT2D eigenvalue weighted by molar-refractivity contribution is -0.119. The third-order valence-corrected chi connectivity index (χ3v) is 3.70. The molecule has 0 aromatic carbocycles. The summed E-state index contributed by atoms with van der Waals surface area (Å²) in [6.45, 7) is 7.05. The lowest BCUT2D eigenvalue weighted by Gasteiger charge is -2.35. The summed E-state index contributed by atoms with van der Waals surface area (Å²) >= 11 is 0. The molecule has 6 nitrogen and oxygen atoms in total. The monoisotopic (exact) mass is 310 g/mol. The lowest BCUT2D eigenvalue weighted by Crippen LogP contribution is -2.47. The van der Waals surface area contributed by atoms with Crippen molar-refractivity contribution in [2.24, 2.45) is 15.9 Å². The number of nitrogens with zero attached hydrogens (tertiary/aromatic N) is 2. The number of hydrogen-bond donors (Lipinski definition) is 0. The minimum atomic E-state index is -0.941. The predicted octanol–water partition coefficient (Wildman–Crippen LogP) is 2.20. The summed E-state index contributed by atoms with van der Waals surface area (Å²) in [6, 6.07) is -0.239. The summed E-state index contributed by atoms with van der Waals surface area (Å²) in [5, 5.41) is 0. The molecule has 0 fully saturated rings. The smallest absolute Gasteiger partial charge is 0.213 e. The van der Waals surface area contributed by atoms with Crippen LogP contribution in [0.5, 0.6) is 0 Å². The third kappa shape index (κ3) is 4.15. The van der Waals surface area contributed by atoms with Gasteiger partial charge in [-0.3, -0.25) is 4.79 Å². The van der Waals surface area contributed by atoms with E-state index in [9.17, 15) is 9.59 Å². The first kappa shape index (κ1) is 18.3. The summed E-state index contributed by atoms with van der Waals surface area (Å²) in [5.41, 5.74) is -0.941. The van der Waals surface area contributed by atoms with E-state index in [0.29, 0.717) is 24.6 Å². The third-order valence-electron chi connectivity index (χ3n) is 3.70. The van der Waals surface area contributed by atoms with Crippen LogP contribution in [0.2, 0.25) is 0 Å². The first-order valence-corrected chi connectivity index (χ1v) is 7.50. The summed E-state index contributed by atoms with van der Waals surface area (Å²) in [7, 11) is 3.07. The molecule has 0 unspecified atom stereocenters. The van der Waals surface area contributed by atoms with Crippen molar-refractivity contribution in [2.75, 3.05) is 14.2 Å². The Kier molecular flexibility index (Phi) is 6.26. The van der Waals surface area contributed by atoms with Gasteiger partial charge in [0.05, 0.1) is 14.2 Å². The van der Waals surface area contributed by atoms with Crippen LogP contribution in [-0.4, -0.2) is 49.2 Å². The van der Waals surface area contributed by atoms with Crippen molar-refractivity contribution in [3.8, 4) is 0 Å². The molecule has 0 N–H and O–H groups in total. The number of carbonyl (C=O) groups excluding carboxylic acids is 2. The Morgan fingerprint density at radius 1 is 1.18 bits per heavy atom. The fraction of sp³-hybridized carbons (Fsp3) is 0.750. The molecular weight excluding hydrogens is 284 g/mol. The molecule has 0 aliphatic carbocycles. The second-order valence-electron chi connectivity index (χ2n) is 6.09. The standard InChI is InChI=1S/C16H26N2O4/c1-10(2)13-14(21-5)18-16(9-12(4)20,8-7-11(3)19)15(17-13)22-6/h10,13H,7-9H2,1-6H3/t13-,16+/m1/s1. The molecule has 0 saturated heterocycles. The molecule has 0 aromatic rings. The van der Waals surface area contributed by atoms with E-state index in [2.05, 4.69) is 9.98 Å². The number of Topliss-reactive ketones (excluding diaryl/α,β-unsaturated/α-hetero) is 2. The highest BCUT2D eigenvalue weighted by Crippen LogP contribution is 2.32. The first-order chi connectivity index (χ1) is 10.3. The molecule has 1 aliphatic heterocycles. The molecular formula is C16H26N2O4. The predicted molar refractivity (Wildman–Crippen MR) is 85.5 cm³/mol. The van der Waals surface area contributed by atoms with Gasteiger partial charge in [0.2, 0.25) is 11.8 Å². The van der Waals surface area contributed by atoms with Crippen molar-refractivity contribution < 1.29 is 19.1 Å². The van der Waals surface area contributed by atoms with Gasteiger partial charge in [-0.1, -0.05) is 13.8 Å². The highest BCUT2D eigenvalue weighted by Gasteiger charge is 2.44. The second kappa shape index (κ2) is 7.51. The van der Waals surface area contributed by atoms with Crippen LogP contribution in [0.1, 0.15) is 47.0 Å². The largest absolute Gasteiger partial charge is 0.483 e. The first-order valence-electron chi connectivity index (χ1n) is 7.50. The average Bonchev–Trinajstić information content (AvgIpc) is 2.43. The van der Waals surface area contributed by atoms with Gasteiger partial charge in [0.25, 0.3) is 0 Å². The maximum Gasteiger partial charge on any atom is 0.213 e. The molecule has 0 bridgehead atoms. The van der Waals surface area contributed by atoms with Gasteiger partial charge in [-0.25, -0.2) is 9.98 Å². The second-order valence-corrected chi connectivity index (χ2v) is 6.09. The lowest BCUT2D eigenvalue weighted by atomic mass is 9.85. The van der Waals surface area contributed by atoms with Crippen LogP contribution in [0.4, 0.5) is 0 Å². The van der Waals surface area contributed by atoms with E-state index in [1.165, 1.54) is 21.0 Å². The molecule has 0 amide bonds. The van der Waals surface area contributed by atoms with Gasteiger partial charge in [0, 0.05) is 12.8 Å². The molecule has 0 saturated carbocycles. The van der Waals surface area contributed by atoms with Gasteiger partial charge >= 0.3 is 0 Å². The van der Waals surface area contributed by atoms with Gasteiger partial charge in [-0.15, -0.1) is 0 Å². The molecule has 0 radical (unpaired) electrons. The number of methoxy groups -OCH3 is 2. The Balaban J connectivity index is 3.31. The molecule has 1 rings (SSSR count). The number of ketones is 2. The fourth-order valence-electron chi connectivity index (χ4n) is 2.63. The highest BCUT2D eigenvalue weighted by molar-refractivity contribution is 6.00. The van der Waals surface area contributed by atoms with Crippen molar-refractivity contribution in [3.63, 3.8) is 0 Å². The van der Waals surface area contributed by atoms with E-state index in [1.54, 1.807) is 7.11 Å². The van der Waals surface area contributed by atoms with Crippen LogP contribution in [0.3, 0.4) is 0 Å². The highest BCUT2D eigenvalue weighted by atomic mass is 16.5. The average molecular weight is 310 g/mol. The van der Waals surface area contributed by atoms with Crippen LogP contribution in [0, 0.1) is 5.92 Å². The van der Waals surface area contributed by atoms with E-state index in [1.807, 2.05) is 13.8 Å². The minimum Gasteiger partial charge on any atom is -0.483 e. The summed E-state index contributed by atoms with van der Waals surface area (Å²) in [5.74, 6) is 1.09. The van der Waals surface area contributed by atoms with Gasteiger partial charge < -0.3 is 14.3 Å². The molecule has 124 valence electrons. The Labute approximate surface area is 132 Å². The Morgan fingerprint density at radius 2 is 1.82 bits per heavy atom. The Bertz CT molecular complexity index is 496. The summed E-state index contributed by atoms with van der Waals surface area (Å²) in [4.78, 5) is 32.4. The van der Waals surface area contributed by atoms with Crippen molar-refractivity contribution in [3.05, 3.63) is 0 Å². The topological polar surface area (TPSA) is 77.3 Å². The number of carbonyl (C=O) groups is 2. The molecule has 2 atom stereocenters. The quantitative estimate of drug-likeness (QED) is 0.753. The number of aliphatic imine (C=N–C) groups is 2. The fourth-order valence-corrected chi connectivity index (χ4v) is 2.63. The molecule has 22 heavy (non-hydrogen) atoms. The zero-order valence-corrected chi connectivity index (χ0v) is 14.3. The van der Waals surface area contributed by atoms with Crippen LogP contribution >= 0.6 is 0 Å². The van der Waals surface area contributed by atoms with E-state index < -0.39 is 5.54 Å². The minimum absolute atomic E-state index is 0.0319.